The topological polar surface area (TPSA) is 32.3 Å². The standard InChI is InChI=1S/C21H24N2O.ClH/c24-21(20-11-10-19(22-20)18-8-2-1-3-9-18)23-14-12-16-6-4-5-7-17(16)13-15-23;/h1-9,19-20,22H,10-15H2;1H/t19-,20-;/m1./s1. The fourth-order valence-electron chi connectivity index (χ4n) is 3.99. The number of benzene rings is 2. The number of hydrogen-bond donors (Lipinski definition) is 1. The molecule has 3 nitrogen and oxygen atoms in total. The van der Waals surface area contributed by atoms with Gasteiger partial charge in [0.25, 0.3) is 0 Å². The molecule has 0 aliphatic carbocycles. The fraction of sp³-hybridized carbons (Fsp3) is 0.381. The number of carbonyl (C=O) groups is 1. The lowest BCUT2D eigenvalue weighted by atomic mass is 10.0. The van der Waals surface area contributed by atoms with Crippen molar-refractivity contribution in [2.24, 2.45) is 0 Å². The molecule has 2 aliphatic heterocycles. The van der Waals surface area contributed by atoms with Crippen LogP contribution in [0.2, 0.25) is 0 Å². The number of nitrogens with zero attached hydrogens (tertiary/aromatic N) is 1. The van der Waals surface area contributed by atoms with E-state index in [2.05, 4.69) is 58.7 Å². The second-order valence-corrected chi connectivity index (χ2v) is 6.85. The second kappa shape index (κ2) is 8.03. The van der Waals surface area contributed by atoms with Crippen molar-refractivity contribution in [2.75, 3.05) is 13.1 Å². The molecule has 0 radical (unpaired) electrons. The highest BCUT2D eigenvalue weighted by Crippen LogP contribution is 2.27. The molecule has 132 valence electrons. The zero-order chi connectivity index (χ0) is 16.4. The second-order valence-electron chi connectivity index (χ2n) is 6.85. The summed E-state index contributed by atoms with van der Waals surface area (Å²) >= 11 is 0. The van der Waals surface area contributed by atoms with E-state index < -0.39 is 0 Å². The van der Waals surface area contributed by atoms with Gasteiger partial charge in [-0.05, 0) is 42.4 Å². The minimum absolute atomic E-state index is 0. The van der Waals surface area contributed by atoms with Gasteiger partial charge < -0.3 is 4.90 Å². The molecule has 2 atom stereocenters. The van der Waals surface area contributed by atoms with Crippen molar-refractivity contribution < 1.29 is 4.79 Å². The van der Waals surface area contributed by atoms with Crippen LogP contribution in [0, 0.1) is 0 Å². The molecule has 4 rings (SSSR count). The Morgan fingerprint density at radius 3 is 2.12 bits per heavy atom. The number of nitrogens with one attached hydrogen (secondary N) is 1. The van der Waals surface area contributed by atoms with Crippen molar-refractivity contribution in [3.05, 3.63) is 71.3 Å². The minimum atomic E-state index is -0.0311. The van der Waals surface area contributed by atoms with Crippen LogP contribution in [-0.4, -0.2) is 29.9 Å². The molecule has 0 unspecified atom stereocenters. The van der Waals surface area contributed by atoms with Gasteiger partial charge in [0.15, 0.2) is 0 Å². The van der Waals surface area contributed by atoms with Gasteiger partial charge in [0.05, 0.1) is 6.04 Å². The molecule has 0 aromatic heterocycles. The van der Waals surface area contributed by atoms with Crippen LogP contribution in [0.5, 0.6) is 0 Å². The fourth-order valence-corrected chi connectivity index (χ4v) is 3.99. The zero-order valence-electron chi connectivity index (χ0n) is 14.4. The van der Waals surface area contributed by atoms with Gasteiger partial charge in [-0.2, -0.15) is 0 Å². The van der Waals surface area contributed by atoms with Crippen molar-refractivity contribution in [3.63, 3.8) is 0 Å². The molecule has 2 aliphatic rings. The average Bonchev–Trinajstić information content (AvgIpc) is 3.03. The maximum Gasteiger partial charge on any atom is 0.239 e. The summed E-state index contributed by atoms with van der Waals surface area (Å²) in [6, 6.07) is 19.3. The van der Waals surface area contributed by atoms with E-state index in [9.17, 15) is 4.79 Å². The lowest BCUT2D eigenvalue weighted by molar-refractivity contribution is -0.133. The van der Waals surface area contributed by atoms with Gasteiger partial charge in [-0.3, -0.25) is 10.1 Å². The van der Waals surface area contributed by atoms with Crippen LogP contribution < -0.4 is 5.32 Å². The van der Waals surface area contributed by atoms with E-state index in [4.69, 9.17) is 0 Å². The summed E-state index contributed by atoms with van der Waals surface area (Å²) in [7, 11) is 0. The van der Waals surface area contributed by atoms with Gasteiger partial charge in [-0.25, -0.2) is 0 Å². The zero-order valence-corrected chi connectivity index (χ0v) is 15.2. The van der Waals surface area contributed by atoms with E-state index in [1.807, 2.05) is 6.07 Å². The summed E-state index contributed by atoms with van der Waals surface area (Å²) in [4.78, 5) is 15.0. The molecule has 0 saturated carbocycles. The van der Waals surface area contributed by atoms with Crippen molar-refractivity contribution in [2.45, 2.75) is 37.8 Å². The predicted octanol–water partition coefficient (Wildman–Crippen LogP) is 3.53. The van der Waals surface area contributed by atoms with Crippen molar-refractivity contribution in [1.82, 2.24) is 10.2 Å². The molecule has 1 fully saturated rings. The first kappa shape index (κ1) is 18.0. The Morgan fingerprint density at radius 2 is 1.48 bits per heavy atom. The van der Waals surface area contributed by atoms with E-state index in [0.717, 1.165) is 38.8 Å². The van der Waals surface area contributed by atoms with Crippen LogP contribution in [0.25, 0.3) is 0 Å². The average molecular weight is 357 g/mol. The highest BCUT2D eigenvalue weighted by Gasteiger charge is 2.32. The highest BCUT2D eigenvalue weighted by atomic mass is 35.5. The smallest absolute Gasteiger partial charge is 0.239 e. The van der Waals surface area contributed by atoms with Gasteiger partial charge >= 0.3 is 0 Å². The molecule has 2 heterocycles. The Bertz CT molecular complexity index is 692. The predicted molar refractivity (Wildman–Crippen MR) is 103 cm³/mol. The molecule has 1 amide bonds. The SMILES string of the molecule is Cl.O=C([C@H]1CC[C@H](c2ccccc2)N1)N1CCc2ccccc2CC1. The van der Waals surface area contributed by atoms with Crippen LogP contribution in [0.1, 0.15) is 35.6 Å². The van der Waals surface area contributed by atoms with Gasteiger partial charge in [0.1, 0.15) is 0 Å². The summed E-state index contributed by atoms with van der Waals surface area (Å²) in [5.74, 6) is 0.279. The van der Waals surface area contributed by atoms with E-state index in [-0.39, 0.29) is 24.4 Å². The molecule has 0 bridgehead atoms. The first-order chi connectivity index (χ1) is 11.8. The summed E-state index contributed by atoms with van der Waals surface area (Å²) in [6.07, 6.45) is 3.91. The lowest BCUT2D eigenvalue weighted by Crippen LogP contribution is -2.45. The van der Waals surface area contributed by atoms with Crippen molar-refractivity contribution in [3.8, 4) is 0 Å². The molecule has 1 saturated heterocycles. The Hall–Kier alpha value is -1.84. The maximum absolute atomic E-state index is 12.9. The van der Waals surface area contributed by atoms with Crippen LogP contribution in [0.15, 0.2) is 54.6 Å². The van der Waals surface area contributed by atoms with E-state index in [1.54, 1.807) is 0 Å². The summed E-state index contributed by atoms with van der Waals surface area (Å²) in [5, 5.41) is 3.55. The number of rotatable bonds is 2. The first-order valence-corrected chi connectivity index (χ1v) is 8.98. The quantitative estimate of drug-likeness (QED) is 0.892. The Morgan fingerprint density at radius 1 is 0.880 bits per heavy atom. The Kier molecular flexibility index (Phi) is 5.77. The first-order valence-electron chi connectivity index (χ1n) is 8.98. The summed E-state index contributed by atoms with van der Waals surface area (Å²) < 4.78 is 0. The number of halogens is 1. The van der Waals surface area contributed by atoms with E-state index >= 15 is 0 Å². The minimum Gasteiger partial charge on any atom is -0.341 e. The lowest BCUT2D eigenvalue weighted by Gasteiger charge is -2.24. The van der Waals surface area contributed by atoms with Crippen LogP contribution in [0.3, 0.4) is 0 Å². The highest BCUT2D eigenvalue weighted by molar-refractivity contribution is 5.85. The molecule has 2 aromatic rings. The Labute approximate surface area is 155 Å². The molecular formula is C21H25ClN2O. The number of carbonyl (C=O) groups excluding carboxylic acids is 1. The van der Waals surface area contributed by atoms with Crippen molar-refractivity contribution in [1.29, 1.82) is 0 Å². The van der Waals surface area contributed by atoms with Crippen LogP contribution >= 0.6 is 12.4 Å². The monoisotopic (exact) mass is 356 g/mol. The molecule has 0 spiro atoms. The maximum atomic E-state index is 12.9. The Balaban J connectivity index is 0.00000182. The van der Waals surface area contributed by atoms with Crippen LogP contribution in [-0.2, 0) is 17.6 Å². The molecular weight excluding hydrogens is 332 g/mol. The number of fused-ring (bicyclic) bond motifs is 1. The van der Waals surface area contributed by atoms with Gasteiger partial charge in [0.2, 0.25) is 5.91 Å². The third-order valence-electron chi connectivity index (χ3n) is 5.38. The summed E-state index contributed by atoms with van der Waals surface area (Å²) in [6.45, 7) is 1.67. The molecule has 4 heteroatoms. The van der Waals surface area contributed by atoms with E-state index in [1.165, 1.54) is 16.7 Å². The molecule has 2 aromatic carbocycles. The number of hydrogen-bond acceptors (Lipinski definition) is 2. The summed E-state index contributed by atoms with van der Waals surface area (Å²) in [5.41, 5.74) is 4.08. The molecule has 1 N–H and O–H groups in total. The van der Waals surface area contributed by atoms with Crippen LogP contribution in [0.4, 0.5) is 0 Å². The van der Waals surface area contributed by atoms with Gasteiger partial charge in [0, 0.05) is 19.1 Å². The molecule has 25 heavy (non-hydrogen) atoms. The van der Waals surface area contributed by atoms with Gasteiger partial charge in [-0.1, -0.05) is 54.6 Å². The number of amides is 1. The van der Waals surface area contributed by atoms with Crippen molar-refractivity contribution >= 4 is 18.3 Å². The van der Waals surface area contributed by atoms with Gasteiger partial charge in [-0.15, -0.1) is 12.4 Å². The normalized spacial score (nSPS) is 22.6. The third-order valence-corrected chi connectivity index (χ3v) is 5.38. The largest absolute Gasteiger partial charge is 0.341 e. The third kappa shape index (κ3) is 3.88. The van der Waals surface area contributed by atoms with E-state index in [0.29, 0.717) is 6.04 Å².